The average Bonchev–Trinajstić information content (AvgIpc) is 3.06. The molecule has 0 heterocycles. The van der Waals surface area contributed by atoms with Gasteiger partial charge in [-0.15, -0.1) is 0 Å². The van der Waals surface area contributed by atoms with Gasteiger partial charge in [0.05, 0.1) is 24.2 Å². The van der Waals surface area contributed by atoms with Crippen molar-refractivity contribution >= 4 is 11.9 Å². The van der Waals surface area contributed by atoms with Crippen LogP contribution in [-0.4, -0.2) is 70.0 Å². The van der Waals surface area contributed by atoms with Crippen molar-refractivity contribution in [3.8, 4) is 0 Å². The first-order valence-electron chi connectivity index (χ1n) is 18.7. The van der Waals surface area contributed by atoms with Gasteiger partial charge >= 0.3 is 11.9 Å². The number of ether oxygens (including phenoxy) is 2. The second-order valence-electron chi connectivity index (χ2n) is 18.3. The van der Waals surface area contributed by atoms with E-state index in [1.165, 1.54) is 0 Å². The van der Waals surface area contributed by atoms with E-state index in [0.29, 0.717) is 29.4 Å². The molecular weight excluding hydrogens is 620 g/mol. The zero-order valence-corrected chi connectivity index (χ0v) is 31.9. The van der Waals surface area contributed by atoms with Crippen LogP contribution in [0.5, 0.6) is 0 Å². The van der Waals surface area contributed by atoms with Crippen LogP contribution in [0.3, 0.4) is 0 Å². The normalized spacial score (nSPS) is 47.9. The molecule has 0 aromatic carbocycles. The lowest BCUT2D eigenvalue weighted by Crippen LogP contribution is -2.76. The smallest absolute Gasteiger partial charge is 0.333 e. The summed E-state index contributed by atoms with van der Waals surface area (Å²) in [5.74, 6) is -0.697. The van der Waals surface area contributed by atoms with E-state index in [1.54, 1.807) is 39.8 Å². The molecule has 49 heavy (non-hydrogen) atoms. The van der Waals surface area contributed by atoms with Gasteiger partial charge in [0.15, 0.2) is 6.10 Å². The van der Waals surface area contributed by atoms with Crippen LogP contribution in [0.4, 0.5) is 0 Å². The summed E-state index contributed by atoms with van der Waals surface area (Å²) in [6, 6.07) is 0. The Hall–Kier alpha value is -2.00. The van der Waals surface area contributed by atoms with Crippen molar-refractivity contribution in [2.75, 3.05) is 13.2 Å². The molecule has 3 unspecified atom stereocenters. The number of aliphatic hydroxyl groups is 4. The molecule has 0 aromatic rings. The molecule has 0 aliphatic heterocycles. The van der Waals surface area contributed by atoms with Crippen molar-refractivity contribution in [3.05, 3.63) is 34.9 Å². The van der Waals surface area contributed by atoms with Gasteiger partial charge in [-0.05, 0) is 106 Å². The van der Waals surface area contributed by atoms with Crippen LogP contribution >= 0.6 is 0 Å². The highest BCUT2D eigenvalue weighted by atomic mass is 16.6. The average molecular weight is 685 g/mol. The van der Waals surface area contributed by atoms with Crippen molar-refractivity contribution < 1.29 is 39.5 Å². The molecule has 0 aromatic heterocycles. The lowest BCUT2D eigenvalue weighted by molar-refractivity contribution is -0.292. The molecule has 4 N–H and O–H groups in total. The number of aliphatic hydroxyl groups excluding tert-OH is 4. The molecule has 4 saturated carbocycles. The predicted molar refractivity (Wildman–Crippen MR) is 189 cm³/mol. The second-order valence-corrected chi connectivity index (χ2v) is 18.3. The van der Waals surface area contributed by atoms with E-state index in [1.807, 2.05) is 13.8 Å². The summed E-state index contributed by atoms with van der Waals surface area (Å²) in [6.07, 6.45) is 5.64. The van der Waals surface area contributed by atoms with Gasteiger partial charge in [0.2, 0.25) is 0 Å². The van der Waals surface area contributed by atoms with E-state index in [-0.39, 0.29) is 23.4 Å². The number of allylic oxidation sites excluding steroid dienone is 3. The fraction of sp³-hybridized carbons (Fsp3) is 0.805. The minimum absolute atomic E-state index is 0.0733. The van der Waals surface area contributed by atoms with Crippen LogP contribution in [0.15, 0.2) is 34.9 Å². The summed E-state index contributed by atoms with van der Waals surface area (Å²) in [5, 5.41) is 47.6. The number of hydrogen-bond acceptors (Lipinski definition) is 8. The van der Waals surface area contributed by atoms with E-state index < -0.39 is 70.5 Å². The van der Waals surface area contributed by atoms with Gasteiger partial charge in [0.25, 0.3) is 0 Å². The molecule has 0 bridgehead atoms. The zero-order valence-electron chi connectivity index (χ0n) is 31.9. The number of carbonyl (C=O) groups excluding carboxylic acids is 2. The fourth-order valence-electron chi connectivity index (χ4n) is 12.2. The van der Waals surface area contributed by atoms with Gasteiger partial charge in [-0.2, -0.15) is 0 Å². The fourth-order valence-corrected chi connectivity index (χ4v) is 12.2. The van der Waals surface area contributed by atoms with Crippen LogP contribution in [0.2, 0.25) is 0 Å². The summed E-state index contributed by atoms with van der Waals surface area (Å²) in [7, 11) is 0. The van der Waals surface area contributed by atoms with Gasteiger partial charge in [-0.3, -0.25) is 0 Å². The monoisotopic (exact) mass is 684 g/mol. The van der Waals surface area contributed by atoms with Crippen LogP contribution < -0.4 is 0 Å². The SMILES string of the molecule is C/C=C(/C)C(=O)O[C@@H]1[C@H](OC(=O)/C(C)=C\C)C(C)(C)CC2C3=CCC4[C@@]5(C)CC[C@H](C)[C@](C)(CO)C5CC[C@@]4(C)[C@]3(C)[C@@H](O)[C@H](O)[C@]21CO. The first-order chi connectivity index (χ1) is 22.7. The van der Waals surface area contributed by atoms with Crippen molar-refractivity contribution in [2.24, 2.45) is 56.2 Å². The molecule has 0 radical (unpaired) electrons. The Labute approximate surface area is 294 Å². The third kappa shape index (κ3) is 5.03. The maximum Gasteiger partial charge on any atom is 0.333 e. The van der Waals surface area contributed by atoms with Crippen LogP contribution in [0.25, 0.3) is 0 Å². The molecule has 5 aliphatic carbocycles. The molecule has 4 fully saturated rings. The van der Waals surface area contributed by atoms with E-state index >= 15 is 0 Å². The lowest BCUT2D eigenvalue weighted by Gasteiger charge is -2.73. The van der Waals surface area contributed by atoms with E-state index in [2.05, 4.69) is 40.7 Å². The molecule has 276 valence electrons. The highest BCUT2D eigenvalue weighted by Gasteiger charge is 2.76. The molecule has 0 saturated heterocycles. The maximum absolute atomic E-state index is 13.5. The molecule has 5 rings (SSSR count). The highest BCUT2D eigenvalue weighted by Crippen LogP contribution is 2.76. The summed E-state index contributed by atoms with van der Waals surface area (Å²) in [6.45, 7) is 21.7. The van der Waals surface area contributed by atoms with Gasteiger partial charge in [-0.1, -0.05) is 72.3 Å². The van der Waals surface area contributed by atoms with E-state index in [0.717, 1.165) is 37.7 Å². The maximum atomic E-state index is 13.5. The van der Waals surface area contributed by atoms with Crippen molar-refractivity contribution in [2.45, 2.75) is 139 Å². The van der Waals surface area contributed by atoms with Crippen LogP contribution in [0, 0.1) is 56.2 Å². The Kier molecular flexibility index (Phi) is 9.83. The standard InChI is InChI=1S/C41H64O8/c1-12-23(3)34(46)48-32-33(49-35(47)24(4)13-2)41(22-43)27(20-36(32,6)7)26-14-15-29-37(8)18-16-25(5)38(9,21-42)28(37)17-19-39(29,10)40(26,11)30(44)31(41)45/h12-14,25,27-33,42-45H,15-22H2,1-11H3/b23-12-,24-13-/t25-,27?,28?,29?,30-,31-,32-,33+,37-,38-,39+,40-,41-/m0/s1. The predicted octanol–water partition coefficient (Wildman–Crippen LogP) is 6.31. The Balaban J connectivity index is 1.69. The van der Waals surface area contributed by atoms with Gasteiger partial charge in [0.1, 0.15) is 6.10 Å². The third-order valence-electron chi connectivity index (χ3n) is 16.1. The van der Waals surface area contributed by atoms with Gasteiger partial charge in [-0.25, -0.2) is 9.59 Å². The summed E-state index contributed by atoms with van der Waals surface area (Å²) < 4.78 is 12.5. The Bertz CT molecular complexity index is 1430. The third-order valence-corrected chi connectivity index (χ3v) is 16.1. The Morgan fingerprint density at radius 3 is 1.94 bits per heavy atom. The molecule has 0 spiro atoms. The second kappa shape index (κ2) is 12.6. The highest BCUT2D eigenvalue weighted by molar-refractivity contribution is 5.88. The van der Waals surface area contributed by atoms with Crippen LogP contribution in [0.1, 0.15) is 115 Å². The number of rotatable bonds is 6. The number of fused-ring (bicyclic) bond motifs is 7. The van der Waals surface area contributed by atoms with E-state index in [4.69, 9.17) is 9.47 Å². The van der Waals surface area contributed by atoms with Gasteiger partial charge < -0.3 is 29.9 Å². The quantitative estimate of drug-likeness (QED) is 0.146. The number of esters is 2. The van der Waals surface area contributed by atoms with Crippen LogP contribution in [-0.2, 0) is 19.1 Å². The largest absolute Gasteiger partial charge is 0.454 e. The summed E-state index contributed by atoms with van der Waals surface area (Å²) >= 11 is 0. The summed E-state index contributed by atoms with van der Waals surface area (Å²) in [4.78, 5) is 26.9. The van der Waals surface area contributed by atoms with Gasteiger partial charge in [0, 0.05) is 28.6 Å². The minimum Gasteiger partial charge on any atom is -0.454 e. The van der Waals surface area contributed by atoms with Crippen molar-refractivity contribution in [3.63, 3.8) is 0 Å². The Morgan fingerprint density at radius 2 is 1.41 bits per heavy atom. The summed E-state index contributed by atoms with van der Waals surface area (Å²) in [5.41, 5.74) is -2.01. The Morgan fingerprint density at radius 1 is 0.837 bits per heavy atom. The lowest BCUT2D eigenvalue weighted by atomic mass is 9.32. The topological polar surface area (TPSA) is 134 Å². The van der Waals surface area contributed by atoms with Crippen molar-refractivity contribution in [1.82, 2.24) is 0 Å². The molecule has 8 nitrogen and oxygen atoms in total. The molecule has 13 atom stereocenters. The first kappa shape index (κ1) is 38.2. The molecule has 0 amide bonds. The molecule has 5 aliphatic rings. The van der Waals surface area contributed by atoms with Crippen molar-refractivity contribution in [1.29, 1.82) is 0 Å². The first-order valence-corrected chi connectivity index (χ1v) is 18.7. The minimum atomic E-state index is -1.53. The molecule has 8 heteroatoms. The zero-order chi connectivity index (χ0) is 36.7. The van der Waals surface area contributed by atoms with E-state index in [9.17, 15) is 30.0 Å². The molecular formula is C41H64O8. The number of carbonyl (C=O) groups is 2. The number of hydrogen-bond donors (Lipinski definition) is 4.